The highest BCUT2D eigenvalue weighted by Gasteiger charge is 2.56. The molecule has 1 unspecified atom stereocenters. The third-order valence-corrected chi connectivity index (χ3v) is 18.7. The summed E-state index contributed by atoms with van der Waals surface area (Å²) in [6, 6.07) is 6.87. The maximum Gasteiger partial charge on any atom is 0.309 e. The van der Waals surface area contributed by atoms with Crippen molar-refractivity contribution in [3.05, 3.63) is 53.4 Å². The lowest BCUT2D eigenvalue weighted by atomic mass is 9.67. The van der Waals surface area contributed by atoms with Crippen molar-refractivity contribution in [2.24, 2.45) is 34.7 Å². The number of nitrogens with zero attached hydrogens (tertiary/aromatic N) is 6. The lowest BCUT2D eigenvalue weighted by Crippen LogP contribution is -2.62. The van der Waals surface area contributed by atoms with Gasteiger partial charge in [-0.2, -0.15) is 0 Å². The number of methoxy groups -OCH3 is 4. The van der Waals surface area contributed by atoms with E-state index in [9.17, 15) is 25.2 Å². The molecule has 1 aromatic heterocycles. The van der Waals surface area contributed by atoms with Crippen LogP contribution in [-0.2, 0) is 58.7 Å². The Balaban J connectivity index is 1.31. The number of hydrogen-bond donors (Lipinski definition) is 4. The molecule has 472 valence electrons. The average Bonchev–Trinajstić information content (AvgIpc) is 3.44. The minimum Gasteiger partial charge on any atom is -0.459 e. The van der Waals surface area contributed by atoms with Crippen LogP contribution in [0.1, 0.15) is 130 Å². The summed E-state index contributed by atoms with van der Waals surface area (Å²) in [5.74, 6) is -4.41. The molecule has 6 rings (SSSR count). The van der Waals surface area contributed by atoms with Gasteiger partial charge in [-0.3, -0.25) is 4.79 Å². The first-order valence-electron chi connectivity index (χ1n) is 29.8. The van der Waals surface area contributed by atoms with Crippen molar-refractivity contribution in [1.82, 2.24) is 24.8 Å². The fourth-order valence-electron chi connectivity index (χ4n) is 13.4. The summed E-state index contributed by atoms with van der Waals surface area (Å²) in [5, 5.41) is 61.9. The predicted octanol–water partition coefficient (Wildman–Crippen LogP) is 5.96. The van der Waals surface area contributed by atoms with Gasteiger partial charge in [0.1, 0.15) is 42.7 Å². The molecule has 0 radical (unpaired) electrons. The average molecular weight is 1180 g/mol. The number of carbonyl (C=O) groups is 1. The number of oxime groups is 1. The van der Waals surface area contributed by atoms with Gasteiger partial charge < -0.3 is 77.7 Å². The van der Waals surface area contributed by atoms with Crippen LogP contribution in [0.5, 0.6) is 0 Å². The number of alkyl halides is 1. The fourth-order valence-corrected chi connectivity index (χ4v) is 13.4. The number of hydrogen-bond acceptors (Lipinski definition) is 20. The van der Waals surface area contributed by atoms with Gasteiger partial charge in [-0.05, 0) is 97.0 Å². The fraction of sp³-hybridized carbons (Fsp3) is 0.803. The second kappa shape index (κ2) is 30.4. The van der Waals surface area contributed by atoms with E-state index in [-0.39, 0.29) is 32.7 Å². The third kappa shape index (κ3) is 16.1. The molecule has 0 saturated carbocycles. The van der Waals surface area contributed by atoms with Crippen LogP contribution < -0.4 is 0 Å². The molecule has 1 aromatic carbocycles. The van der Waals surface area contributed by atoms with E-state index in [4.69, 9.17) is 47.5 Å². The molecule has 2 aromatic rings. The van der Waals surface area contributed by atoms with E-state index in [2.05, 4.69) is 45.6 Å². The smallest absolute Gasteiger partial charge is 0.309 e. The number of rotatable bonds is 22. The highest BCUT2D eigenvalue weighted by molar-refractivity contribution is 5.88. The van der Waals surface area contributed by atoms with Crippen LogP contribution in [0.4, 0.5) is 4.39 Å². The summed E-state index contributed by atoms with van der Waals surface area (Å²) < 4.78 is 72.7. The number of halogens is 1. The maximum absolute atomic E-state index is 15.1. The summed E-state index contributed by atoms with van der Waals surface area (Å²) >= 11 is 0. The van der Waals surface area contributed by atoms with Crippen molar-refractivity contribution < 1.29 is 77.1 Å². The zero-order chi connectivity index (χ0) is 61.1. The van der Waals surface area contributed by atoms with Crippen molar-refractivity contribution in [2.45, 2.75) is 198 Å². The molecule has 3 fully saturated rings. The van der Waals surface area contributed by atoms with Crippen LogP contribution in [0, 0.1) is 29.6 Å². The number of aliphatic hydroxyl groups excluding tert-OH is 3. The SMILES string of the molecule is CC[C@H]1OC(=O)[C@H](C)[C@@H](C2C[C@@](C)(OC)[C@@H](O)[C@H](C)O2)[C@H](C)[C@@H](O[C@@H]2O[C@H](C)C[C@H](N(C)CCc3cn([C@H](CF)[C@H](OC)c4ccc(C5=CCN(C)CC5)cc4)nn3)[C@H]2O)[C@](C)(OC)C[C@@H](C)/C(=N/OCOCCOC)[C@H](C)[C@@H](O)[C@]1(C)O. The second-order valence-electron chi connectivity index (χ2n) is 24.7. The van der Waals surface area contributed by atoms with Crippen LogP contribution in [0.25, 0.3) is 5.57 Å². The van der Waals surface area contributed by atoms with Gasteiger partial charge in [0.25, 0.3) is 0 Å². The van der Waals surface area contributed by atoms with Crippen molar-refractivity contribution in [3.63, 3.8) is 0 Å². The first-order chi connectivity index (χ1) is 39.3. The summed E-state index contributed by atoms with van der Waals surface area (Å²) in [5.41, 5.74) is -0.0653. The molecule has 21 nitrogen and oxygen atoms in total. The highest BCUT2D eigenvalue weighted by atomic mass is 19.1. The van der Waals surface area contributed by atoms with Gasteiger partial charge >= 0.3 is 5.97 Å². The molecule has 83 heavy (non-hydrogen) atoms. The topological polar surface area (TPSA) is 240 Å². The monoisotopic (exact) mass is 1180 g/mol. The zero-order valence-corrected chi connectivity index (χ0v) is 52.3. The van der Waals surface area contributed by atoms with E-state index in [1.54, 1.807) is 55.2 Å². The first kappa shape index (κ1) is 68.5. The zero-order valence-electron chi connectivity index (χ0n) is 52.3. The van der Waals surface area contributed by atoms with E-state index in [0.717, 1.165) is 30.6 Å². The van der Waals surface area contributed by atoms with Gasteiger partial charge in [0, 0.05) is 90.9 Å². The van der Waals surface area contributed by atoms with Crippen LogP contribution in [-0.4, -0.2) is 224 Å². The van der Waals surface area contributed by atoms with Gasteiger partial charge in [0.05, 0.1) is 72.3 Å². The lowest BCUT2D eigenvalue weighted by Gasteiger charge is -2.52. The van der Waals surface area contributed by atoms with Crippen LogP contribution in [0.3, 0.4) is 0 Å². The van der Waals surface area contributed by atoms with Gasteiger partial charge in [-0.25, -0.2) is 9.07 Å². The molecule has 3 saturated heterocycles. The van der Waals surface area contributed by atoms with Crippen molar-refractivity contribution in [1.29, 1.82) is 0 Å². The molecule has 4 N–H and O–H groups in total. The van der Waals surface area contributed by atoms with Gasteiger partial charge in [0.15, 0.2) is 6.29 Å². The summed E-state index contributed by atoms with van der Waals surface area (Å²) in [6.45, 7) is 19.9. The molecule has 5 heterocycles. The van der Waals surface area contributed by atoms with E-state index in [1.807, 2.05) is 58.7 Å². The summed E-state index contributed by atoms with van der Waals surface area (Å²) in [7, 11) is 10.3. The van der Waals surface area contributed by atoms with Crippen LogP contribution in [0.15, 0.2) is 41.7 Å². The quantitative estimate of drug-likeness (QED) is 0.0460. The Kier molecular flexibility index (Phi) is 25.1. The van der Waals surface area contributed by atoms with Gasteiger partial charge in [-0.1, -0.05) is 75.3 Å². The Morgan fingerprint density at radius 3 is 2.25 bits per heavy atom. The second-order valence-corrected chi connectivity index (χ2v) is 24.7. The maximum atomic E-state index is 15.1. The van der Waals surface area contributed by atoms with Crippen LogP contribution in [0.2, 0.25) is 0 Å². The van der Waals surface area contributed by atoms with E-state index in [0.29, 0.717) is 37.4 Å². The Morgan fingerprint density at radius 2 is 1.64 bits per heavy atom. The predicted molar refractivity (Wildman–Crippen MR) is 310 cm³/mol. The molecule has 0 bridgehead atoms. The minimum atomic E-state index is -1.97. The Hall–Kier alpha value is -3.59. The minimum absolute atomic E-state index is 0.159. The van der Waals surface area contributed by atoms with Crippen LogP contribution >= 0.6 is 0 Å². The lowest BCUT2D eigenvalue weighted by molar-refractivity contribution is -0.305. The molecule has 4 aliphatic heterocycles. The first-order valence-corrected chi connectivity index (χ1v) is 29.8. The number of aromatic nitrogens is 3. The number of likely N-dealkylation sites (N-methyl/N-ethyl adjacent to an activating group) is 2. The summed E-state index contributed by atoms with van der Waals surface area (Å²) in [6.07, 6.45) is -3.23. The number of benzene rings is 1. The molecular formula is C61H101FN6O15. The van der Waals surface area contributed by atoms with E-state index >= 15 is 4.39 Å². The number of ether oxygens (including phenoxy) is 9. The molecular weight excluding hydrogens is 1080 g/mol. The van der Waals surface area contributed by atoms with Crippen molar-refractivity contribution in [2.75, 3.05) is 88.9 Å². The summed E-state index contributed by atoms with van der Waals surface area (Å²) in [4.78, 5) is 25.0. The Morgan fingerprint density at radius 1 is 0.940 bits per heavy atom. The molecule has 22 heteroatoms. The highest BCUT2D eigenvalue weighted by Crippen LogP contribution is 2.46. The van der Waals surface area contributed by atoms with E-state index in [1.165, 1.54) is 24.3 Å². The normalized spacial score (nSPS) is 37.7. The Labute approximate surface area is 492 Å². The van der Waals surface area contributed by atoms with E-state index < -0.39 is 132 Å². The third-order valence-electron chi connectivity index (χ3n) is 18.7. The van der Waals surface area contributed by atoms with Gasteiger partial charge in [-0.15, -0.1) is 5.10 Å². The molecule has 0 amide bonds. The number of aliphatic hydroxyl groups is 4. The number of esters is 1. The largest absolute Gasteiger partial charge is 0.459 e. The Bertz CT molecular complexity index is 2380. The molecule has 0 spiro atoms. The molecule has 20 atom stereocenters. The standard InChI is InChI=1S/C61H101FN6O15/c1-17-49-61(10,73)54(70)40(6)51(64-79-35-78-29-28-74-13)36(2)31-60(9,77-16)56(38(4)50(39(5)57(72)82-49)48-32-59(8,76-15)55(71)41(7)81-48)83-58-52(69)46(30-37(3)80-58)67(12)27-24-45-34-68(65-63-45)47(33-62)53(75-14)44-20-18-42(19-21-44)43-22-25-66(11)26-23-43/h18-22,34,36-41,46-50,52-56,58,69-71,73H,17,23-33,35H2,1-16H3/b64-51-/t36-,37-,38+,39-,40+,41+,46+,47-,48?,49-,50+,52-,53-,54-,55+,56-,58+,59-,60-,61-/m1/s1. The number of cyclic esters (lactones) is 1. The van der Waals surface area contributed by atoms with Crippen molar-refractivity contribution >= 4 is 17.3 Å². The molecule has 4 aliphatic rings. The number of carbonyl (C=O) groups excluding carboxylic acids is 1. The van der Waals surface area contributed by atoms with Gasteiger partial charge in [0.2, 0.25) is 6.79 Å². The van der Waals surface area contributed by atoms with Crippen molar-refractivity contribution in [3.8, 4) is 0 Å². The molecule has 0 aliphatic carbocycles.